The zero-order valence-corrected chi connectivity index (χ0v) is 20.5. The molecule has 33 heavy (non-hydrogen) atoms. The van der Waals surface area contributed by atoms with Crippen molar-refractivity contribution in [3.63, 3.8) is 0 Å². The molecule has 1 saturated heterocycles. The summed E-state index contributed by atoms with van der Waals surface area (Å²) in [5.74, 6) is 1.73. The second kappa shape index (κ2) is 11.0. The molecule has 2 aromatic carbocycles. The summed E-state index contributed by atoms with van der Waals surface area (Å²) in [6.07, 6.45) is 5.91. The molecule has 1 aliphatic heterocycles. The van der Waals surface area contributed by atoms with Crippen LogP contribution in [0.3, 0.4) is 0 Å². The standard InChI is InChI=1S/C29H39N3O/c1-22-9-11-25(12-10-22)20-32-21-26(27-7-4-5-8-28(27)32)13-14-29(33)30-15-6-16-31-18-23(2)17-24(3)19-31/h4-5,7-12,21,23-24H,6,13-20H2,1-3H3,(H,30,33)/t23-,24-/m0/s1. The number of amides is 1. The van der Waals surface area contributed by atoms with Crippen LogP contribution in [0.15, 0.2) is 54.7 Å². The predicted molar refractivity (Wildman–Crippen MR) is 138 cm³/mol. The van der Waals surface area contributed by atoms with E-state index in [2.05, 4.69) is 90.3 Å². The summed E-state index contributed by atoms with van der Waals surface area (Å²) in [6.45, 7) is 11.9. The van der Waals surface area contributed by atoms with Gasteiger partial charge in [-0.3, -0.25) is 4.79 Å². The van der Waals surface area contributed by atoms with Gasteiger partial charge in [0.1, 0.15) is 0 Å². The van der Waals surface area contributed by atoms with E-state index in [-0.39, 0.29) is 5.91 Å². The largest absolute Gasteiger partial charge is 0.356 e. The van der Waals surface area contributed by atoms with Crippen LogP contribution in [0.4, 0.5) is 0 Å². The summed E-state index contributed by atoms with van der Waals surface area (Å²) in [6, 6.07) is 17.3. The normalized spacial score (nSPS) is 19.1. The van der Waals surface area contributed by atoms with Gasteiger partial charge in [0.15, 0.2) is 0 Å². The highest BCUT2D eigenvalue weighted by atomic mass is 16.1. The van der Waals surface area contributed by atoms with E-state index in [1.807, 2.05) is 0 Å². The van der Waals surface area contributed by atoms with Crippen molar-refractivity contribution in [3.05, 3.63) is 71.4 Å². The lowest BCUT2D eigenvalue weighted by atomic mass is 9.92. The number of nitrogens with one attached hydrogen (secondary N) is 1. The van der Waals surface area contributed by atoms with E-state index in [4.69, 9.17) is 0 Å². The van der Waals surface area contributed by atoms with Gasteiger partial charge >= 0.3 is 0 Å². The van der Waals surface area contributed by atoms with Crippen molar-refractivity contribution in [2.75, 3.05) is 26.2 Å². The second-order valence-electron chi connectivity index (χ2n) is 10.2. The Morgan fingerprint density at radius 2 is 1.76 bits per heavy atom. The number of hydrogen-bond donors (Lipinski definition) is 1. The number of piperidine rings is 1. The zero-order chi connectivity index (χ0) is 23.2. The number of hydrogen-bond acceptors (Lipinski definition) is 2. The van der Waals surface area contributed by atoms with Gasteiger partial charge in [-0.25, -0.2) is 0 Å². The minimum atomic E-state index is 0.158. The molecular weight excluding hydrogens is 406 g/mol. The van der Waals surface area contributed by atoms with Crippen LogP contribution in [0.2, 0.25) is 0 Å². The first-order chi connectivity index (χ1) is 16.0. The van der Waals surface area contributed by atoms with Crippen molar-refractivity contribution in [1.82, 2.24) is 14.8 Å². The Bertz CT molecular complexity index is 1040. The van der Waals surface area contributed by atoms with Crippen LogP contribution in [-0.2, 0) is 17.8 Å². The van der Waals surface area contributed by atoms with Crippen LogP contribution in [-0.4, -0.2) is 41.6 Å². The third kappa shape index (κ3) is 6.48. The van der Waals surface area contributed by atoms with E-state index in [0.29, 0.717) is 6.42 Å². The molecule has 0 spiro atoms. The Morgan fingerprint density at radius 3 is 2.52 bits per heavy atom. The number of carbonyl (C=O) groups is 1. The molecule has 4 rings (SSSR count). The van der Waals surface area contributed by atoms with E-state index >= 15 is 0 Å². The number of carbonyl (C=O) groups excluding carboxylic acids is 1. The number of benzene rings is 2. The summed E-state index contributed by atoms with van der Waals surface area (Å²) in [4.78, 5) is 15.1. The average molecular weight is 446 g/mol. The number of likely N-dealkylation sites (tertiary alicyclic amines) is 1. The molecule has 2 atom stereocenters. The van der Waals surface area contributed by atoms with Gasteiger partial charge < -0.3 is 14.8 Å². The molecule has 0 unspecified atom stereocenters. The molecule has 3 aromatic rings. The number of aromatic nitrogens is 1. The Morgan fingerprint density at radius 1 is 1.03 bits per heavy atom. The number of rotatable bonds is 9. The molecule has 1 amide bonds. The van der Waals surface area contributed by atoms with Crippen molar-refractivity contribution in [2.24, 2.45) is 11.8 Å². The first kappa shape index (κ1) is 23.6. The first-order valence-corrected chi connectivity index (χ1v) is 12.6. The van der Waals surface area contributed by atoms with Crippen LogP contribution in [0.1, 0.15) is 49.8 Å². The highest BCUT2D eigenvalue weighted by Crippen LogP contribution is 2.24. The monoisotopic (exact) mass is 445 g/mol. The molecular formula is C29H39N3O. The molecule has 1 N–H and O–H groups in total. The van der Waals surface area contributed by atoms with Gasteiger partial charge in [0.2, 0.25) is 5.91 Å². The Hall–Kier alpha value is -2.59. The van der Waals surface area contributed by atoms with Crippen molar-refractivity contribution in [3.8, 4) is 0 Å². The van der Waals surface area contributed by atoms with Crippen LogP contribution >= 0.6 is 0 Å². The summed E-state index contributed by atoms with van der Waals surface area (Å²) < 4.78 is 2.31. The molecule has 4 nitrogen and oxygen atoms in total. The molecule has 0 bridgehead atoms. The van der Waals surface area contributed by atoms with Crippen molar-refractivity contribution >= 4 is 16.8 Å². The predicted octanol–water partition coefficient (Wildman–Crippen LogP) is 5.41. The van der Waals surface area contributed by atoms with E-state index in [0.717, 1.165) is 44.3 Å². The van der Waals surface area contributed by atoms with Crippen molar-refractivity contribution in [2.45, 2.75) is 53.0 Å². The fourth-order valence-corrected chi connectivity index (χ4v) is 5.38. The topological polar surface area (TPSA) is 37.3 Å². The third-order valence-electron chi connectivity index (χ3n) is 6.88. The maximum Gasteiger partial charge on any atom is 0.220 e. The van der Waals surface area contributed by atoms with E-state index in [1.54, 1.807) is 0 Å². The van der Waals surface area contributed by atoms with Gasteiger partial charge in [0.05, 0.1) is 0 Å². The van der Waals surface area contributed by atoms with Gasteiger partial charge in [-0.15, -0.1) is 0 Å². The van der Waals surface area contributed by atoms with Crippen LogP contribution in [0, 0.1) is 18.8 Å². The highest BCUT2D eigenvalue weighted by molar-refractivity contribution is 5.85. The molecule has 1 fully saturated rings. The molecule has 1 aromatic heterocycles. The van der Waals surface area contributed by atoms with Gasteiger partial charge in [0.25, 0.3) is 0 Å². The Labute approximate surface area is 199 Å². The maximum absolute atomic E-state index is 12.5. The smallest absolute Gasteiger partial charge is 0.220 e. The lowest BCUT2D eigenvalue weighted by Gasteiger charge is -2.34. The van der Waals surface area contributed by atoms with Gasteiger partial charge in [-0.2, -0.15) is 0 Å². The van der Waals surface area contributed by atoms with E-state index in [9.17, 15) is 4.79 Å². The lowest BCUT2D eigenvalue weighted by Crippen LogP contribution is -2.40. The lowest BCUT2D eigenvalue weighted by molar-refractivity contribution is -0.121. The molecule has 176 valence electrons. The number of para-hydroxylation sites is 1. The van der Waals surface area contributed by atoms with E-state index in [1.165, 1.54) is 47.1 Å². The summed E-state index contributed by atoms with van der Waals surface area (Å²) >= 11 is 0. The van der Waals surface area contributed by atoms with Gasteiger partial charge in [0, 0.05) is 49.7 Å². The van der Waals surface area contributed by atoms with Crippen molar-refractivity contribution < 1.29 is 4.79 Å². The fraction of sp³-hybridized carbons (Fsp3) is 0.483. The Balaban J connectivity index is 1.28. The zero-order valence-electron chi connectivity index (χ0n) is 20.5. The SMILES string of the molecule is Cc1ccc(Cn2cc(CCC(=O)NCCCN3C[C@@H](C)C[C@H](C)C3)c3ccccc32)cc1. The quantitative estimate of drug-likeness (QED) is 0.447. The average Bonchev–Trinajstić information content (AvgIpc) is 3.14. The third-order valence-corrected chi connectivity index (χ3v) is 6.88. The number of fused-ring (bicyclic) bond motifs is 1. The first-order valence-electron chi connectivity index (χ1n) is 12.6. The Kier molecular flexibility index (Phi) is 7.87. The molecule has 0 aliphatic carbocycles. The number of nitrogens with zero attached hydrogens (tertiary/aromatic N) is 2. The van der Waals surface area contributed by atoms with Gasteiger partial charge in [-0.1, -0.05) is 61.9 Å². The number of aryl methyl sites for hydroxylation is 2. The van der Waals surface area contributed by atoms with Crippen LogP contribution < -0.4 is 5.32 Å². The fourth-order valence-electron chi connectivity index (χ4n) is 5.38. The maximum atomic E-state index is 12.5. The molecule has 2 heterocycles. The minimum Gasteiger partial charge on any atom is -0.356 e. The summed E-state index contributed by atoms with van der Waals surface area (Å²) in [5, 5.41) is 4.40. The molecule has 4 heteroatoms. The van der Waals surface area contributed by atoms with Crippen molar-refractivity contribution in [1.29, 1.82) is 0 Å². The molecule has 0 saturated carbocycles. The molecule has 0 radical (unpaired) electrons. The van der Waals surface area contributed by atoms with Crippen LogP contribution in [0.5, 0.6) is 0 Å². The minimum absolute atomic E-state index is 0.158. The summed E-state index contributed by atoms with van der Waals surface area (Å²) in [7, 11) is 0. The van der Waals surface area contributed by atoms with Gasteiger partial charge in [-0.05, 0) is 61.8 Å². The summed E-state index contributed by atoms with van der Waals surface area (Å²) in [5.41, 5.74) is 5.06. The second-order valence-corrected chi connectivity index (χ2v) is 10.2. The van der Waals surface area contributed by atoms with Crippen LogP contribution in [0.25, 0.3) is 10.9 Å². The highest BCUT2D eigenvalue weighted by Gasteiger charge is 2.21. The van der Waals surface area contributed by atoms with E-state index < -0.39 is 0 Å². The molecule has 1 aliphatic rings.